The van der Waals surface area contributed by atoms with Crippen molar-refractivity contribution in [2.24, 2.45) is 0 Å². The molecule has 1 N–H and O–H groups in total. The van der Waals surface area contributed by atoms with Gasteiger partial charge in [-0.05, 0) is 36.3 Å². The number of benzene rings is 1. The van der Waals surface area contributed by atoms with Crippen molar-refractivity contribution in [3.63, 3.8) is 0 Å². The molecule has 4 heteroatoms. The van der Waals surface area contributed by atoms with Gasteiger partial charge in [-0.3, -0.25) is 9.59 Å². The zero-order valence-corrected chi connectivity index (χ0v) is 10.0. The second kappa shape index (κ2) is 3.70. The first-order chi connectivity index (χ1) is 8.64. The fourth-order valence-electron chi connectivity index (χ4n) is 2.64. The molecule has 0 radical (unpaired) electrons. The summed E-state index contributed by atoms with van der Waals surface area (Å²) in [5.41, 5.74) is 0.940. The summed E-state index contributed by atoms with van der Waals surface area (Å²) < 4.78 is 5.20. The van der Waals surface area contributed by atoms with Gasteiger partial charge in [-0.25, -0.2) is 0 Å². The molecule has 1 aromatic rings. The third-order valence-electron chi connectivity index (χ3n) is 3.60. The molecule has 1 fully saturated rings. The van der Waals surface area contributed by atoms with Crippen molar-refractivity contribution >= 4 is 11.7 Å². The molecule has 1 atom stereocenters. The topological polar surface area (TPSA) is 55.4 Å². The van der Waals surface area contributed by atoms with E-state index in [4.69, 9.17) is 4.74 Å². The predicted molar refractivity (Wildman–Crippen MR) is 65.5 cm³/mol. The number of allylic oxidation sites excluding steroid dienone is 1. The SMILES string of the molecule is COc1ccc2c(c1)[C@@]1(C=CC2=O)CCC(=O)N1. The molecular formula is C14H13NO3. The Bertz CT molecular complexity index is 576. The van der Waals surface area contributed by atoms with Crippen LogP contribution in [0.25, 0.3) is 0 Å². The molecule has 1 aliphatic heterocycles. The number of amides is 1. The molecule has 3 rings (SSSR count). The van der Waals surface area contributed by atoms with E-state index < -0.39 is 5.54 Å². The van der Waals surface area contributed by atoms with E-state index in [1.807, 2.05) is 6.07 Å². The van der Waals surface area contributed by atoms with Gasteiger partial charge < -0.3 is 10.1 Å². The first kappa shape index (κ1) is 11.0. The standard InChI is InChI=1S/C14H13NO3/c1-18-9-2-3-10-11(8-9)14(6-4-12(10)16)7-5-13(17)15-14/h2-4,6,8H,5,7H2,1H3,(H,15,17)/t14-/m1/s1. The number of methoxy groups -OCH3 is 1. The zero-order valence-electron chi connectivity index (χ0n) is 10.0. The van der Waals surface area contributed by atoms with Crippen molar-refractivity contribution in [2.45, 2.75) is 18.4 Å². The molecule has 1 heterocycles. The summed E-state index contributed by atoms with van der Waals surface area (Å²) in [4.78, 5) is 23.4. The van der Waals surface area contributed by atoms with Crippen LogP contribution in [0.3, 0.4) is 0 Å². The Morgan fingerprint density at radius 1 is 1.33 bits per heavy atom. The van der Waals surface area contributed by atoms with Crippen LogP contribution in [0, 0.1) is 0 Å². The van der Waals surface area contributed by atoms with E-state index in [1.54, 1.807) is 31.4 Å². The van der Waals surface area contributed by atoms with Crippen molar-refractivity contribution < 1.29 is 14.3 Å². The minimum Gasteiger partial charge on any atom is -0.497 e. The highest BCUT2D eigenvalue weighted by molar-refractivity contribution is 6.08. The molecule has 0 aromatic heterocycles. The Balaban J connectivity index is 2.18. The van der Waals surface area contributed by atoms with Crippen LogP contribution in [0.4, 0.5) is 0 Å². The summed E-state index contributed by atoms with van der Waals surface area (Å²) in [7, 11) is 1.59. The van der Waals surface area contributed by atoms with Crippen LogP contribution in [-0.2, 0) is 10.3 Å². The minimum atomic E-state index is -0.533. The van der Waals surface area contributed by atoms with Crippen LogP contribution in [0.1, 0.15) is 28.8 Å². The van der Waals surface area contributed by atoms with Crippen molar-refractivity contribution in [3.8, 4) is 5.75 Å². The van der Waals surface area contributed by atoms with Gasteiger partial charge in [0.25, 0.3) is 0 Å². The largest absolute Gasteiger partial charge is 0.497 e. The van der Waals surface area contributed by atoms with Gasteiger partial charge in [0.15, 0.2) is 5.78 Å². The van der Waals surface area contributed by atoms with Gasteiger partial charge in [-0.1, -0.05) is 6.08 Å². The molecule has 2 aliphatic rings. The fourth-order valence-corrected chi connectivity index (χ4v) is 2.64. The molecule has 0 bridgehead atoms. The average molecular weight is 243 g/mol. The molecule has 1 spiro atoms. The lowest BCUT2D eigenvalue weighted by molar-refractivity contribution is -0.119. The van der Waals surface area contributed by atoms with E-state index in [2.05, 4.69) is 5.32 Å². The Morgan fingerprint density at radius 3 is 2.83 bits per heavy atom. The van der Waals surface area contributed by atoms with Gasteiger partial charge in [0.2, 0.25) is 5.91 Å². The summed E-state index contributed by atoms with van der Waals surface area (Å²) in [6.45, 7) is 0. The molecule has 1 saturated heterocycles. The van der Waals surface area contributed by atoms with Crippen LogP contribution in [0.2, 0.25) is 0 Å². The van der Waals surface area contributed by atoms with Crippen LogP contribution < -0.4 is 10.1 Å². The number of carbonyl (C=O) groups is 2. The predicted octanol–water partition coefficient (Wildman–Crippen LogP) is 1.55. The maximum Gasteiger partial charge on any atom is 0.221 e. The second-order valence-corrected chi connectivity index (χ2v) is 4.63. The fraction of sp³-hybridized carbons (Fsp3) is 0.286. The summed E-state index contributed by atoms with van der Waals surface area (Å²) in [6.07, 6.45) is 4.49. The highest BCUT2D eigenvalue weighted by Gasteiger charge is 2.41. The van der Waals surface area contributed by atoms with Gasteiger partial charge in [-0.2, -0.15) is 0 Å². The monoisotopic (exact) mass is 243 g/mol. The molecule has 4 nitrogen and oxygen atoms in total. The number of ketones is 1. The van der Waals surface area contributed by atoms with Crippen molar-refractivity contribution in [2.75, 3.05) is 7.11 Å². The Morgan fingerprint density at radius 2 is 2.17 bits per heavy atom. The highest BCUT2D eigenvalue weighted by atomic mass is 16.5. The summed E-state index contributed by atoms with van der Waals surface area (Å²) in [5.74, 6) is 0.680. The van der Waals surface area contributed by atoms with Crippen LogP contribution in [0.15, 0.2) is 30.4 Å². The third kappa shape index (κ3) is 1.45. The highest BCUT2D eigenvalue weighted by Crippen LogP contribution is 2.39. The normalized spacial score (nSPS) is 25.2. The number of rotatable bonds is 1. The molecule has 0 unspecified atom stereocenters. The smallest absolute Gasteiger partial charge is 0.221 e. The van der Waals surface area contributed by atoms with E-state index in [9.17, 15) is 9.59 Å². The number of hydrogen-bond donors (Lipinski definition) is 1. The average Bonchev–Trinajstić information content (AvgIpc) is 2.77. The third-order valence-corrected chi connectivity index (χ3v) is 3.60. The van der Waals surface area contributed by atoms with E-state index in [-0.39, 0.29) is 11.7 Å². The minimum absolute atomic E-state index is 0.0165. The molecule has 0 saturated carbocycles. The molecule has 1 aromatic carbocycles. The van der Waals surface area contributed by atoms with E-state index in [0.29, 0.717) is 24.2 Å². The Labute approximate surface area is 105 Å². The van der Waals surface area contributed by atoms with Crippen molar-refractivity contribution in [1.29, 1.82) is 0 Å². The van der Waals surface area contributed by atoms with Gasteiger partial charge in [-0.15, -0.1) is 0 Å². The lowest BCUT2D eigenvalue weighted by Crippen LogP contribution is -2.40. The van der Waals surface area contributed by atoms with Crippen LogP contribution in [-0.4, -0.2) is 18.8 Å². The number of carbonyl (C=O) groups excluding carboxylic acids is 2. The molecular weight excluding hydrogens is 230 g/mol. The second-order valence-electron chi connectivity index (χ2n) is 4.63. The first-order valence-corrected chi connectivity index (χ1v) is 5.88. The van der Waals surface area contributed by atoms with E-state index in [1.165, 1.54) is 0 Å². The Kier molecular flexibility index (Phi) is 2.26. The van der Waals surface area contributed by atoms with Gasteiger partial charge in [0, 0.05) is 12.0 Å². The molecule has 92 valence electrons. The van der Waals surface area contributed by atoms with Crippen molar-refractivity contribution in [3.05, 3.63) is 41.5 Å². The van der Waals surface area contributed by atoms with Crippen LogP contribution >= 0.6 is 0 Å². The summed E-state index contributed by atoms with van der Waals surface area (Å²) in [5, 5.41) is 2.96. The van der Waals surface area contributed by atoms with Gasteiger partial charge in [0.05, 0.1) is 12.6 Å². The number of nitrogens with one attached hydrogen (secondary N) is 1. The first-order valence-electron chi connectivity index (χ1n) is 5.88. The summed E-state index contributed by atoms with van der Waals surface area (Å²) in [6, 6.07) is 5.36. The van der Waals surface area contributed by atoms with Crippen LogP contribution in [0.5, 0.6) is 5.75 Å². The Hall–Kier alpha value is -2.10. The summed E-state index contributed by atoms with van der Waals surface area (Å²) >= 11 is 0. The van der Waals surface area contributed by atoms with E-state index >= 15 is 0 Å². The maximum atomic E-state index is 11.9. The zero-order chi connectivity index (χ0) is 12.8. The maximum absolute atomic E-state index is 11.9. The lowest BCUT2D eigenvalue weighted by Gasteiger charge is -2.31. The van der Waals surface area contributed by atoms with Crippen molar-refractivity contribution in [1.82, 2.24) is 5.32 Å². The van der Waals surface area contributed by atoms with Gasteiger partial charge >= 0.3 is 0 Å². The number of hydrogen-bond acceptors (Lipinski definition) is 3. The quantitative estimate of drug-likeness (QED) is 0.814. The number of fused-ring (bicyclic) bond motifs is 2. The molecule has 18 heavy (non-hydrogen) atoms. The molecule has 1 aliphatic carbocycles. The van der Waals surface area contributed by atoms with Gasteiger partial charge in [0.1, 0.15) is 5.75 Å². The lowest BCUT2D eigenvalue weighted by atomic mass is 9.80. The molecule has 1 amide bonds. The number of ether oxygens (including phenoxy) is 1. The van der Waals surface area contributed by atoms with E-state index in [0.717, 1.165) is 5.56 Å².